The van der Waals surface area contributed by atoms with Crippen LogP contribution in [0.5, 0.6) is 0 Å². The van der Waals surface area contributed by atoms with E-state index in [0.29, 0.717) is 23.7 Å². The summed E-state index contributed by atoms with van der Waals surface area (Å²) in [5.74, 6) is -0.366. The normalized spacial score (nSPS) is 10.7. The maximum Gasteiger partial charge on any atom is 0.126 e. The Labute approximate surface area is 97.7 Å². The molecular formula is C11H11ClFN3. The molecule has 5 heteroatoms. The molecule has 0 aliphatic heterocycles. The molecule has 0 fully saturated rings. The van der Waals surface area contributed by atoms with Gasteiger partial charge in [-0.1, -0.05) is 11.6 Å². The van der Waals surface area contributed by atoms with Gasteiger partial charge in [-0.25, -0.2) is 9.37 Å². The summed E-state index contributed by atoms with van der Waals surface area (Å²) in [4.78, 5) is 4.02. The van der Waals surface area contributed by atoms with E-state index in [-0.39, 0.29) is 5.82 Å². The summed E-state index contributed by atoms with van der Waals surface area (Å²) in [7, 11) is 0. The predicted octanol–water partition coefficient (Wildman–Crippen LogP) is 2.17. The number of rotatable bonds is 3. The largest absolute Gasteiger partial charge is 0.330 e. The van der Waals surface area contributed by atoms with Crippen molar-refractivity contribution in [3.63, 3.8) is 0 Å². The minimum Gasteiger partial charge on any atom is -0.330 e. The molecule has 0 aliphatic rings. The Bertz CT molecular complexity index is 475. The maximum absolute atomic E-state index is 13.2. The van der Waals surface area contributed by atoms with Gasteiger partial charge >= 0.3 is 0 Å². The molecule has 16 heavy (non-hydrogen) atoms. The zero-order chi connectivity index (χ0) is 11.5. The van der Waals surface area contributed by atoms with E-state index >= 15 is 0 Å². The van der Waals surface area contributed by atoms with E-state index in [1.54, 1.807) is 23.2 Å². The van der Waals surface area contributed by atoms with Gasteiger partial charge in [0.05, 0.1) is 12.0 Å². The first-order valence-corrected chi connectivity index (χ1v) is 5.26. The summed E-state index contributed by atoms with van der Waals surface area (Å²) >= 11 is 5.80. The van der Waals surface area contributed by atoms with Crippen molar-refractivity contribution in [2.75, 3.05) is 6.54 Å². The first kappa shape index (κ1) is 11.1. The van der Waals surface area contributed by atoms with Crippen LogP contribution < -0.4 is 5.73 Å². The van der Waals surface area contributed by atoms with Crippen molar-refractivity contribution in [3.05, 3.63) is 47.3 Å². The lowest BCUT2D eigenvalue weighted by molar-refractivity contribution is 0.626. The third kappa shape index (κ3) is 2.23. The van der Waals surface area contributed by atoms with Crippen LogP contribution in [0.2, 0.25) is 5.02 Å². The minimum absolute atomic E-state index is 0.363. The summed E-state index contributed by atoms with van der Waals surface area (Å²) < 4.78 is 15.0. The highest BCUT2D eigenvalue weighted by molar-refractivity contribution is 6.30. The van der Waals surface area contributed by atoms with Crippen LogP contribution in [0.15, 0.2) is 30.7 Å². The molecule has 3 nitrogen and oxygen atoms in total. The Morgan fingerprint density at radius 2 is 2.19 bits per heavy atom. The third-order valence-electron chi connectivity index (χ3n) is 2.24. The van der Waals surface area contributed by atoms with E-state index in [1.807, 2.05) is 0 Å². The summed E-state index contributed by atoms with van der Waals surface area (Å²) in [6, 6.07) is 4.37. The fraction of sp³-hybridized carbons (Fsp3) is 0.182. The number of benzene rings is 1. The Morgan fingerprint density at radius 3 is 2.88 bits per heavy atom. The zero-order valence-corrected chi connectivity index (χ0v) is 9.28. The molecule has 84 valence electrons. The zero-order valence-electron chi connectivity index (χ0n) is 8.53. The fourth-order valence-electron chi connectivity index (χ4n) is 1.57. The predicted molar refractivity (Wildman–Crippen MR) is 61.3 cm³/mol. The molecule has 0 spiro atoms. The van der Waals surface area contributed by atoms with Crippen LogP contribution in [0.1, 0.15) is 5.69 Å². The molecule has 0 bridgehead atoms. The van der Waals surface area contributed by atoms with Crippen molar-refractivity contribution in [3.8, 4) is 5.69 Å². The van der Waals surface area contributed by atoms with E-state index in [0.717, 1.165) is 5.69 Å². The summed E-state index contributed by atoms with van der Waals surface area (Å²) in [5.41, 5.74) is 7.08. The Hall–Kier alpha value is -1.39. The third-order valence-corrected chi connectivity index (χ3v) is 2.46. The van der Waals surface area contributed by atoms with Crippen LogP contribution in [0.3, 0.4) is 0 Å². The van der Waals surface area contributed by atoms with Gasteiger partial charge in [0.1, 0.15) is 5.82 Å². The highest BCUT2D eigenvalue weighted by Gasteiger charge is 2.06. The number of imidazole rings is 1. The van der Waals surface area contributed by atoms with Gasteiger partial charge < -0.3 is 10.3 Å². The van der Waals surface area contributed by atoms with E-state index in [9.17, 15) is 4.39 Å². The SMILES string of the molecule is NCCc1cncn1-c1cc(F)cc(Cl)c1. The van der Waals surface area contributed by atoms with Crippen LogP contribution >= 0.6 is 11.6 Å². The van der Waals surface area contributed by atoms with Crippen LogP contribution in [0, 0.1) is 5.82 Å². The monoisotopic (exact) mass is 239 g/mol. The smallest absolute Gasteiger partial charge is 0.126 e. The van der Waals surface area contributed by atoms with Gasteiger partial charge in [-0.3, -0.25) is 0 Å². The fourth-order valence-corrected chi connectivity index (χ4v) is 1.78. The standard InChI is InChI=1S/C11H11ClFN3/c12-8-3-9(13)5-11(4-8)16-7-15-6-10(16)1-2-14/h3-7H,1-2,14H2. The van der Waals surface area contributed by atoms with Crippen molar-refractivity contribution in [1.82, 2.24) is 9.55 Å². The Kier molecular flexibility index (Phi) is 3.22. The molecule has 0 amide bonds. The van der Waals surface area contributed by atoms with Gasteiger partial charge in [-0.2, -0.15) is 0 Å². The van der Waals surface area contributed by atoms with Crippen molar-refractivity contribution in [2.45, 2.75) is 6.42 Å². The highest BCUT2D eigenvalue weighted by atomic mass is 35.5. The summed E-state index contributed by atoms with van der Waals surface area (Å²) in [5, 5.41) is 0.363. The first-order chi connectivity index (χ1) is 7.70. The molecule has 2 rings (SSSR count). The molecule has 1 aromatic heterocycles. The van der Waals surface area contributed by atoms with Gasteiger partial charge in [0, 0.05) is 23.3 Å². The number of aromatic nitrogens is 2. The molecule has 0 saturated carbocycles. The molecule has 0 atom stereocenters. The van der Waals surface area contributed by atoms with Gasteiger partial charge in [-0.15, -0.1) is 0 Å². The molecular weight excluding hydrogens is 229 g/mol. The van der Waals surface area contributed by atoms with E-state index in [2.05, 4.69) is 4.98 Å². The molecule has 1 heterocycles. The molecule has 0 radical (unpaired) electrons. The van der Waals surface area contributed by atoms with Crippen molar-refractivity contribution in [2.24, 2.45) is 5.73 Å². The summed E-state index contributed by atoms with van der Waals surface area (Å²) in [6.07, 6.45) is 4.02. The molecule has 2 aromatic rings. The van der Waals surface area contributed by atoms with Crippen molar-refractivity contribution < 1.29 is 4.39 Å². The van der Waals surface area contributed by atoms with Crippen LogP contribution in [0.25, 0.3) is 5.69 Å². The number of nitrogens with two attached hydrogens (primary N) is 1. The average molecular weight is 240 g/mol. The van der Waals surface area contributed by atoms with Gasteiger partial charge in [-0.05, 0) is 24.7 Å². The minimum atomic E-state index is -0.366. The molecule has 2 N–H and O–H groups in total. The molecule has 1 aromatic carbocycles. The van der Waals surface area contributed by atoms with E-state index < -0.39 is 0 Å². The lowest BCUT2D eigenvalue weighted by Crippen LogP contribution is -2.07. The number of nitrogens with zero attached hydrogens (tertiary/aromatic N) is 2. The maximum atomic E-state index is 13.2. The molecule has 0 unspecified atom stereocenters. The van der Waals surface area contributed by atoms with Crippen molar-refractivity contribution >= 4 is 11.6 Å². The van der Waals surface area contributed by atoms with Crippen LogP contribution in [-0.2, 0) is 6.42 Å². The lowest BCUT2D eigenvalue weighted by Gasteiger charge is -2.07. The van der Waals surface area contributed by atoms with Crippen LogP contribution in [0.4, 0.5) is 4.39 Å². The van der Waals surface area contributed by atoms with Crippen molar-refractivity contribution in [1.29, 1.82) is 0 Å². The van der Waals surface area contributed by atoms with E-state index in [1.165, 1.54) is 12.1 Å². The lowest BCUT2D eigenvalue weighted by atomic mass is 10.2. The Balaban J connectivity index is 2.45. The van der Waals surface area contributed by atoms with Gasteiger partial charge in [0.25, 0.3) is 0 Å². The van der Waals surface area contributed by atoms with E-state index in [4.69, 9.17) is 17.3 Å². The Morgan fingerprint density at radius 1 is 1.38 bits per heavy atom. The second-order valence-electron chi connectivity index (χ2n) is 3.42. The molecule has 0 aliphatic carbocycles. The number of halogens is 2. The topological polar surface area (TPSA) is 43.8 Å². The van der Waals surface area contributed by atoms with Crippen LogP contribution in [-0.4, -0.2) is 16.1 Å². The quantitative estimate of drug-likeness (QED) is 0.892. The highest BCUT2D eigenvalue weighted by Crippen LogP contribution is 2.19. The average Bonchev–Trinajstić information content (AvgIpc) is 2.65. The second kappa shape index (κ2) is 4.63. The van der Waals surface area contributed by atoms with Gasteiger partial charge in [0.2, 0.25) is 0 Å². The second-order valence-corrected chi connectivity index (χ2v) is 3.86. The molecule has 0 saturated heterocycles. The summed E-state index contributed by atoms with van der Waals surface area (Å²) in [6.45, 7) is 0.523. The number of hydrogen-bond acceptors (Lipinski definition) is 2. The number of hydrogen-bond donors (Lipinski definition) is 1. The van der Waals surface area contributed by atoms with Gasteiger partial charge in [0.15, 0.2) is 0 Å². The first-order valence-electron chi connectivity index (χ1n) is 4.88.